The van der Waals surface area contributed by atoms with E-state index >= 15 is 4.39 Å². The smallest absolute Gasteiger partial charge is 0.306 e. The summed E-state index contributed by atoms with van der Waals surface area (Å²) in [4.78, 5) is 20.7. The molecule has 35 heavy (non-hydrogen) atoms. The van der Waals surface area contributed by atoms with Crippen LogP contribution in [-0.4, -0.2) is 34.7 Å². The van der Waals surface area contributed by atoms with Crippen molar-refractivity contribution in [3.8, 4) is 0 Å². The molecule has 0 amide bonds. The summed E-state index contributed by atoms with van der Waals surface area (Å²) in [5.41, 5.74) is 1.27. The van der Waals surface area contributed by atoms with E-state index in [0.29, 0.717) is 11.8 Å². The maximum Gasteiger partial charge on any atom is 0.374 e. The molecule has 0 radical (unpaired) electrons. The number of alkyl halides is 1. The second kappa shape index (κ2) is 12.1. The van der Waals surface area contributed by atoms with Gasteiger partial charge in [0.25, 0.3) is 11.1 Å². The quantitative estimate of drug-likeness (QED) is 0.0932. The van der Waals surface area contributed by atoms with Crippen LogP contribution in [0.3, 0.4) is 0 Å². The third-order valence-corrected chi connectivity index (χ3v) is 7.70. The number of nitro groups is 2. The highest BCUT2D eigenvalue weighted by atomic mass is 79.9. The lowest BCUT2D eigenvalue weighted by Gasteiger charge is -2.34. The minimum atomic E-state index is -4.53. The van der Waals surface area contributed by atoms with Crippen molar-refractivity contribution >= 4 is 46.8 Å². The second-order valence-corrected chi connectivity index (χ2v) is 10.0. The zero-order valence-electron chi connectivity index (χ0n) is 18.8. The first-order chi connectivity index (χ1) is 16.5. The van der Waals surface area contributed by atoms with Crippen molar-refractivity contribution < 1.29 is 27.8 Å². The highest BCUT2D eigenvalue weighted by molar-refractivity contribution is 9.10. The van der Waals surface area contributed by atoms with Crippen LogP contribution in [0.1, 0.15) is 25.3 Å². The Hall–Kier alpha value is -2.99. The third kappa shape index (κ3) is 6.37. The Balaban J connectivity index is 2.58. The van der Waals surface area contributed by atoms with Crippen molar-refractivity contribution in [3.63, 3.8) is 0 Å². The molecule has 0 spiro atoms. The van der Waals surface area contributed by atoms with E-state index in [4.69, 9.17) is 9.05 Å². The lowest BCUT2D eigenvalue weighted by atomic mass is 9.94. The number of hydrogen-bond acceptors (Lipinski definition) is 9. The first-order valence-corrected chi connectivity index (χ1v) is 12.6. The monoisotopic (exact) mass is 572 g/mol. The number of nitro benzene ring substituents is 2. The summed E-state index contributed by atoms with van der Waals surface area (Å²) in [6.45, 7) is 6.43. The number of hydrogen-bond donors (Lipinski definition) is 1. The Kier molecular flexibility index (Phi) is 9.78. The molecule has 0 heterocycles. The van der Waals surface area contributed by atoms with Gasteiger partial charge >= 0.3 is 13.3 Å². The van der Waals surface area contributed by atoms with Crippen LogP contribution in [0.4, 0.5) is 21.5 Å². The van der Waals surface area contributed by atoms with Crippen molar-refractivity contribution in [3.05, 3.63) is 85.4 Å². The molecule has 0 saturated heterocycles. The van der Waals surface area contributed by atoms with E-state index in [1.54, 1.807) is 24.3 Å². The highest BCUT2D eigenvalue weighted by Gasteiger charge is 2.56. The number of halogens is 2. The molecular formula is C21H23BrFN4O7P. The van der Waals surface area contributed by atoms with Gasteiger partial charge in [0, 0.05) is 10.5 Å². The van der Waals surface area contributed by atoms with Crippen LogP contribution in [0.2, 0.25) is 0 Å². The average Bonchev–Trinajstić information content (AvgIpc) is 2.81. The zero-order valence-corrected chi connectivity index (χ0v) is 21.3. The van der Waals surface area contributed by atoms with Crippen LogP contribution in [0.25, 0.3) is 0 Å². The lowest BCUT2D eigenvalue weighted by Crippen LogP contribution is -2.35. The molecule has 0 unspecified atom stereocenters. The van der Waals surface area contributed by atoms with Crippen LogP contribution in [0.5, 0.6) is 0 Å². The molecule has 14 heteroatoms. The number of non-ortho nitro benzene ring substituents is 1. The third-order valence-electron chi connectivity index (χ3n) is 4.74. The molecule has 0 bridgehead atoms. The molecule has 0 saturated carbocycles. The van der Waals surface area contributed by atoms with E-state index in [1.165, 1.54) is 19.9 Å². The van der Waals surface area contributed by atoms with Crippen molar-refractivity contribution in [2.45, 2.75) is 25.2 Å². The molecule has 2 aromatic rings. The van der Waals surface area contributed by atoms with Crippen molar-refractivity contribution in [2.75, 3.05) is 18.6 Å². The van der Waals surface area contributed by atoms with Crippen molar-refractivity contribution in [1.29, 1.82) is 0 Å². The van der Waals surface area contributed by atoms with Gasteiger partial charge in [-0.15, -0.1) is 6.58 Å². The number of allylic oxidation sites excluding steroid dienone is 1. The van der Waals surface area contributed by atoms with E-state index in [2.05, 4.69) is 33.0 Å². The van der Waals surface area contributed by atoms with Crippen LogP contribution in [0, 0.1) is 20.2 Å². The van der Waals surface area contributed by atoms with E-state index in [1.807, 2.05) is 0 Å². The molecule has 0 aliphatic rings. The fraction of sp³-hybridized carbons (Fsp3) is 0.286. The summed E-state index contributed by atoms with van der Waals surface area (Å²) >= 11 is 3.30. The molecule has 2 atom stereocenters. The first-order valence-electron chi connectivity index (χ1n) is 10.2. The first kappa shape index (κ1) is 28.2. The molecule has 11 nitrogen and oxygen atoms in total. The molecule has 0 aliphatic heterocycles. The summed E-state index contributed by atoms with van der Waals surface area (Å²) in [7, 11) is -4.53. The van der Waals surface area contributed by atoms with Gasteiger partial charge in [0.05, 0.1) is 41.3 Å². The number of benzene rings is 2. The van der Waals surface area contributed by atoms with E-state index in [0.717, 1.165) is 22.7 Å². The Morgan fingerprint density at radius 2 is 1.77 bits per heavy atom. The molecule has 2 aromatic carbocycles. The number of hydrazone groups is 1. The highest BCUT2D eigenvalue weighted by Crippen LogP contribution is 2.65. The van der Waals surface area contributed by atoms with Gasteiger partial charge in [-0.1, -0.05) is 34.1 Å². The van der Waals surface area contributed by atoms with E-state index in [-0.39, 0.29) is 18.9 Å². The summed E-state index contributed by atoms with van der Waals surface area (Å²) in [6, 6.07) is 9.32. The Bertz CT molecular complexity index is 1150. The van der Waals surface area contributed by atoms with Crippen LogP contribution in [0.15, 0.2) is 64.7 Å². The van der Waals surface area contributed by atoms with Crippen molar-refractivity contribution in [2.24, 2.45) is 5.10 Å². The second-order valence-electron chi connectivity index (χ2n) is 6.91. The van der Waals surface area contributed by atoms with Crippen LogP contribution >= 0.6 is 23.5 Å². The SMILES string of the molecule is C=C[C@H](c1ccc(Br)cc1)[C@](F)(/C=N/Nc1ccc([N+](=O)[O-])cc1[N+](=O)[O-])P(=O)(OCC)OCC. The average molecular weight is 573 g/mol. The van der Waals surface area contributed by atoms with Gasteiger partial charge in [-0.25, -0.2) is 4.39 Å². The van der Waals surface area contributed by atoms with Crippen LogP contribution in [-0.2, 0) is 13.6 Å². The Morgan fingerprint density at radius 1 is 1.17 bits per heavy atom. The van der Waals surface area contributed by atoms with Gasteiger partial charge in [-0.3, -0.25) is 30.2 Å². The number of rotatable bonds is 13. The van der Waals surface area contributed by atoms with Gasteiger partial charge in [0.1, 0.15) is 5.69 Å². The predicted octanol–water partition coefficient (Wildman–Crippen LogP) is 6.56. The molecule has 0 aromatic heterocycles. The number of anilines is 1. The predicted molar refractivity (Wildman–Crippen MR) is 134 cm³/mol. The standard InChI is InChI=1S/C21H23BrFN4O7P/c1-4-18(15-7-9-16(22)10-8-15)21(23,35(32,33-5-2)34-6-3)14-24-25-19-12-11-17(26(28)29)13-20(19)27(30)31/h4,7-14,18,25H,1,5-6H2,2-3H3/b24-14+/t18-,21+/m1/s1. The zero-order chi connectivity index (χ0) is 26.2. The number of nitrogens with zero attached hydrogens (tertiary/aromatic N) is 3. The minimum Gasteiger partial charge on any atom is -0.306 e. The fourth-order valence-corrected chi connectivity index (χ4v) is 5.38. The maximum absolute atomic E-state index is 16.8. The summed E-state index contributed by atoms with van der Waals surface area (Å²) in [5.74, 6) is -1.25. The summed E-state index contributed by atoms with van der Waals surface area (Å²) < 4.78 is 41.7. The molecule has 0 aliphatic carbocycles. The van der Waals surface area contributed by atoms with Gasteiger partial charge in [0.2, 0.25) is 0 Å². The molecule has 0 fully saturated rings. The molecule has 2 rings (SSSR count). The van der Waals surface area contributed by atoms with Gasteiger partial charge in [-0.2, -0.15) is 5.10 Å². The lowest BCUT2D eigenvalue weighted by molar-refractivity contribution is -0.393. The topological polar surface area (TPSA) is 146 Å². The van der Waals surface area contributed by atoms with Gasteiger partial charge in [-0.05, 0) is 37.6 Å². The number of nitrogens with one attached hydrogen (secondary N) is 1. The van der Waals surface area contributed by atoms with E-state index < -0.39 is 40.1 Å². The van der Waals surface area contributed by atoms with Gasteiger partial charge < -0.3 is 9.05 Å². The Morgan fingerprint density at radius 3 is 2.26 bits per heavy atom. The summed E-state index contributed by atoms with van der Waals surface area (Å²) in [5, 5.41) is 23.2. The Labute approximate surface area is 209 Å². The van der Waals surface area contributed by atoms with Crippen LogP contribution < -0.4 is 5.43 Å². The summed E-state index contributed by atoms with van der Waals surface area (Å²) in [6.07, 6.45) is 1.88. The fourth-order valence-electron chi connectivity index (χ4n) is 3.17. The molecule has 188 valence electrons. The normalized spacial score (nSPS) is 14.3. The largest absolute Gasteiger partial charge is 0.374 e. The minimum absolute atomic E-state index is 0.137. The van der Waals surface area contributed by atoms with Crippen molar-refractivity contribution in [1.82, 2.24) is 0 Å². The van der Waals surface area contributed by atoms with E-state index in [9.17, 15) is 24.8 Å². The maximum atomic E-state index is 16.8. The molecule has 1 N–H and O–H groups in total. The van der Waals surface area contributed by atoms with Gasteiger partial charge in [0.15, 0.2) is 0 Å². The molecular weight excluding hydrogens is 550 g/mol.